The second-order valence-electron chi connectivity index (χ2n) is 5.92. The van der Waals surface area contributed by atoms with Gasteiger partial charge in [-0.2, -0.15) is 0 Å². The Balaban J connectivity index is 1.40. The quantitative estimate of drug-likeness (QED) is 0.449. The van der Waals surface area contributed by atoms with E-state index in [1.165, 1.54) is 12.1 Å². The van der Waals surface area contributed by atoms with E-state index in [-0.39, 0.29) is 22.4 Å². The first-order valence-electron chi connectivity index (χ1n) is 8.25. The van der Waals surface area contributed by atoms with Crippen molar-refractivity contribution in [2.75, 3.05) is 10.0 Å². The molecule has 0 radical (unpaired) electrons. The van der Waals surface area contributed by atoms with Crippen molar-refractivity contribution in [1.82, 2.24) is 15.0 Å². The number of imidazole rings is 1. The fourth-order valence-corrected chi connectivity index (χ4v) is 4.58. The van der Waals surface area contributed by atoms with E-state index < -0.39 is 10.0 Å². The number of nitrogens with zero attached hydrogens (tertiary/aromatic N) is 2. The average Bonchev–Trinajstić information content (AvgIpc) is 3.31. The van der Waals surface area contributed by atoms with Crippen molar-refractivity contribution in [2.45, 2.75) is 11.3 Å². The Morgan fingerprint density at radius 3 is 2.79 bits per heavy atom. The maximum absolute atomic E-state index is 12.3. The topological polar surface area (TPSA) is 117 Å². The van der Waals surface area contributed by atoms with Crippen LogP contribution in [-0.4, -0.2) is 29.3 Å². The molecule has 2 aromatic carbocycles. The lowest BCUT2D eigenvalue weighted by Gasteiger charge is -2.05. The maximum atomic E-state index is 12.3. The molecule has 2 heterocycles. The molecule has 8 nitrogen and oxygen atoms in total. The third kappa shape index (κ3) is 4.02. The summed E-state index contributed by atoms with van der Waals surface area (Å²) in [7, 11) is -3.70. The van der Waals surface area contributed by atoms with Gasteiger partial charge in [0.25, 0.3) is 10.0 Å². The molecular weight excluding hydrogens is 398 g/mol. The second-order valence-corrected chi connectivity index (χ2v) is 8.46. The summed E-state index contributed by atoms with van der Waals surface area (Å²) in [5, 5.41) is 4.66. The van der Waals surface area contributed by atoms with Crippen LogP contribution in [0.5, 0.6) is 0 Å². The number of hydrogen-bond donors (Lipinski definition) is 3. The molecule has 4 rings (SSSR count). The highest BCUT2D eigenvalue weighted by molar-refractivity contribution is 7.93. The SMILES string of the molecule is O=C(Cc1csc(NS(=O)(=O)c2ccccc2)n1)Nc1ccc2nc[nH]c2c1. The molecular formula is C18H15N5O3S2. The van der Waals surface area contributed by atoms with E-state index in [1.807, 2.05) is 0 Å². The Labute approximate surface area is 164 Å². The molecule has 1 amide bonds. The van der Waals surface area contributed by atoms with Crippen molar-refractivity contribution < 1.29 is 13.2 Å². The van der Waals surface area contributed by atoms with Gasteiger partial charge in [0.1, 0.15) is 0 Å². The summed E-state index contributed by atoms with van der Waals surface area (Å²) >= 11 is 1.13. The van der Waals surface area contributed by atoms with Crippen molar-refractivity contribution in [2.24, 2.45) is 0 Å². The Morgan fingerprint density at radius 1 is 1.14 bits per heavy atom. The van der Waals surface area contributed by atoms with Gasteiger partial charge < -0.3 is 10.3 Å². The number of amides is 1. The van der Waals surface area contributed by atoms with Crippen molar-refractivity contribution in [3.63, 3.8) is 0 Å². The number of hydrogen-bond acceptors (Lipinski definition) is 6. The van der Waals surface area contributed by atoms with Gasteiger partial charge in [-0.25, -0.2) is 18.4 Å². The summed E-state index contributed by atoms with van der Waals surface area (Å²) in [6, 6.07) is 13.4. The second kappa shape index (κ2) is 7.41. The normalized spacial score (nSPS) is 11.4. The summed E-state index contributed by atoms with van der Waals surface area (Å²) in [6.07, 6.45) is 1.62. The first-order chi connectivity index (χ1) is 13.5. The molecule has 0 aliphatic rings. The summed E-state index contributed by atoms with van der Waals surface area (Å²) in [5.41, 5.74) is 2.76. The molecule has 0 atom stereocenters. The Morgan fingerprint density at radius 2 is 1.96 bits per heavy atom. The molecule has 0 saturated heterocycles. The van der Waals surface area contributed by atoms with Crippen molar-refractivity contribution >= 4 is 49.1 Å². The van der Waals surface area contributed by atoms with Crippen LogP contribution in [0.2, 0.25) is 0 Å². The van der Waals surface area contributed by atoms with Crippen LogP contribution in [0.3, 0.4) is 0 Å². The third-order valence-corrected chi connectivity index (χ3v) is 6.16. The number of aromatic nitrogens is 3. The number of rotatable bonds is 6. The molecule has 0 saturated carbocycles. The number of nitrogens with one attached hydrogen (secondary N) is 3. The fraction of sp³-hybridized carbons (Fsp3) is 0.0556. The van der Waals surface area contributed by atoms with Crippen molar-refractivity contribution in [3.8, 4) is 0 Å². The van der Waals surface area contributed by atoms with Gasteiger partial charge in [0.2, 0.25) is 5.91 Å². The molecule has 2 aromatic heterocycles. The monoisotopic (exact) mass is 413 g/mol. The van der Waals surface area contributed by atoms with Gasteiger partial charge in [-0.05, 0) is 30.3 Å². The molecule has 0 bridgehead atoms. The predicted molar refractivity (Wildman–Crippen MR) is 108 cm³/mol. The number of aromatic amines is 1. The summed E-state index contributed by atoms with van der Waals surface area (Å²) in [6.45, 7) is 0. The number of anilines is 2. The number of carbonyl (C=O) groups is 1. The molecule has 3 N–H and O–H groups in total. The summed E-state index contributed by atoms with van der Waals surface area (Å²) in [5.74, 6) is -0.248. The van der Waals surface area contributed by atoms with Crippen molar-refractivity contribution in [1.29, 1.82) is 0 Å². The number of carbonyl (C=O) groups excluding carboxylic acids is 1. The van der Waals surface area contributed by atoms with E-state index in [0.717, 1.165) is 22.4 Å². The van der Waals surface area contributed by atoms with Gasteiger partial charge in [-0.3, -0.25) is 9.52 Å². The molecule has 142 valence electrons. The summed E-state index contributed by atoms with van der Waals surface area (Å²) < 4.78 is 27.1. The molecule has 0 unspecified atom stereocenters. The highest BCUT2D eigenvalue weighted by Gasteiger charge is 2.16. The van der Waals surface area contributed by atoms with Crippen LogP contribution >= 0.6 is 11.3 Å². The number of benzene rings is 2. The predicted octanol–water partition coefficient (Wildman–Crippen LogP) is 3.00. The maximum Gasteiger partial charge on any atom is 0.263 e. The number of H-pyrrole nitrogens is 1. The average molecular weight is 413 g/mol. The fourth-order valence-electron chi connectivity index (χ4n) is 2.59. The standard InChI is InChI=1S/C18H15N5O3S2/c24-17(21-12-6-7-15-16(8-12)20-11-19-15)9-13-10-27-18(22-13)23-28(25,26)14-4-2-1-3-5-14/h1-8,10-11H,9H2,(H,19,20)(H,21,24)(H,22,23). The Bertz CT molecular complexity index is 1230. The Kier molecular flexibility index (Phi) is 4.80. The molecule has 0 fully saturated rings. The highest BCUT2D eigenvalue weighted by atomic mass is 32.2. The van der Waals surface area contributed by atoms with Gasteiger partial charge in [0.05, 0.1) is 34.4 Å². The summed E-state index contributed by atoms with van der Waals surface area (Å²) in [4.78, 5) is 23.7. The lowest BCUT2D eigenvalue weighted by Crippen LogP contribution is -2.15. The zero-order chi connectivity index (χ0) is 19.6. The minimum Gasteiger partial charge on any atom is -0.345 e. The minimum atomic E-state index is -3.70. The van der Waals surface area contributed by atoms with Gasteiger partial charge >= 0.3 is 0 Å². The highest BCUT2D eigenvalue weighted by Crippen LogP contribution is 2.21. The Hall–Kier alpha value is -3.24. The van der Waals surface area contributed by atoms with Crippen LogP contribution in [-0.2, 0) is 21.2 Å². The van der Waals surface area contributed by atoms with E-state index in [1.54, 1.807) is 48.1 Å². The largest absolute Gasteiger partial charge is 0.345 e. The van der Waals surface area contributed by atoms with Crippen LogP contribution in [0.25, 0.3) is 11.0 Å². The molecule has 0 spiro atoms. The smallest absolute Gasteiger partial charge is 0.263 e. The van der Waals surface area contributed by atoms with Gasteiger partial charge in [0.15, 0.2) is 5.13 Å². The van der Waals surface area contributed by atoms with E-state index in [4.69, 9.17) is 0 Å². The van der Waals surface area contributed by atoms with Crippen LogP contribution in [0.1, 0.15) is 5.69 Å². The lowest BCUT2D eigenvalue weighted by molar-refractivity contribution is -0.115. The third-order valence-electron chi connectivity index (χ3n) is 3.87. The minimum absolute atomic E-state index is 0.0323. The van der Waals surface area contributed by atoms with Gasteiger partial charge in [0, 0.05) is 11.1 Å². The molecule has 28 heavy (non-hydrogen) atoms. The van der Waals surface area contributed by atoms with E-state index in [2.05, 4.69) is 25.0 Å². The zero-order valence-corrected chi connectivity index (χ0v) is 16.0. The van der Waals surface area contributed by atoms with E-state index in [9.17, 15) is 13.2 Å². The van der Waals surface area contributed by atoms with Crippen LogP contribution in [0.4, 0.5) is 10.8 Å². The number of fused-ring (bicyclic) bond motifs is 1. The first kappa shape index (κ1) is 18.1. The van der Waals surface area contributed by atoms with Gasteiger partial charge in [-0.1, -0.05) is 18.2 Å². The van der Waals surface area contributed by atoms with Crippen molar-refractivity contribution in [3.05, 3.63) is 65.9 Å². The van der Waals surface area contributed by atoms with E-state index in [0.29, 0.717) is 11.4 Å². The van der Waals surface area contributed by atoms with Crippen LogP contribution in [0, 0.1) is 0 Å². The number of thiazole rings is 1. The lowest BCUT2D eigenvalue weighted by atomic mass is 10.2. The first-order valence-corrected chi connectivity index (χ1v) is 10.6. The number of sulfonamides is 1. The van der Waals surface area contributed by atoms with E-state index >= 15 is 0 Å². The zero-order valence-electron chi connectivity index (χ0n) is 14.4. The van der Waals surface area contributed by atoms with Crippen LogP contribution in [0.15, 0.2) is 65.1 Å². The van der Waals surface area contributed by atoms with Gasteiger partial charge in [-0.15, -0.1) is 11.3 Å². The van der Waals surface area contributed by atoms with Crippen LogP contribution < -0.4 is 10.0 Å². The molecule has 10 heteroatoms. The molecule has 4 aromatic rings. The molecule has 0 aliphatic carbocycles. The molecule has 0 aliphatic heterocycles.